The normalized spacial score (nSPS) is 19.6. The van der Waals surface area contributed by atoms with Crippen molar-refractivity contribution in [2.45, 2.75) is 44.9 Å². The molecule has 0 bridgehead atoms. The molecule has 0 amide bonds. The Morgan fingerprint density at radius 2 is 1.97 bits per heavy atom. The molecule has 32 heavy (non-hydrogen) atoms. The van der Waals surface area contributed by atoms with Gasteiger partial charge in [0.25, 0.3) is 0 Å². The smallest absolute Gasteiger partial charge is 0.352 e. The van der Waals surface area contributed by atoms with E-state index in [0.717, 1.165) is 43.8 Å². The predicted octanol–water partition coefficient (Wildman–Crippen LogP) is 3.39. The molecular weight excluding hydrogens is 420 g/mol. The molecule has 0 spiro atoms. The Hall–Kier alpha value is -3.43. The maximum absolute atomic E-state index is 14.5. The standard InChI is InChI=1S/C22H23F2N5O3/c1-22-5-3-4-6-29(22)19-9-18(26-21(30)28(19)13-22)31-12-14-7-16(23)20(17(24)8-14)32-15-10-25-27(2)11-15/h7-11H,3-6,12-13H2,1-2H3. The maximum atomic E-state index is 14.5. The third-order valence-corrected chi connectivity index (χ3v) is 6.09. The van der Waals surface area contributed by atoms with Crippen LogP contribution in [0.1, 0.15) is 31.7 Å². The summed E-state index contributed by atoms with van der Waals surface area (Å²) in [7, 11) is 1.67. The number of aryl methyl sites for hydroxylation is 1. The largest absolute Gasteiger partial charge is 0.473 e. The predicted molar refractivity (Wildman–Crippen MR) is 112 cm³/mol. The van der Waals surface area contributed by atoms with Crippen LogP contribution in [-0.4, -0.2) is 31.4 Å². The lowest BCUT2D eigenvalue weighted by Crippen LogP contribution is -2.47. The molecule has 2 aliphatic heterocycles. The van der Waals surface area contributed by atoms with E-state index in [2.05, 4.69) is 21.9 Å². The number of benzene rings is 1. The van der Waals surface area contributed by atoms with E-state index in [0.29, 0.717) is 6.54 Å². The van der Waals surface area contributed by atoms with Gasteiger partial charge in [0.15, 0.2) is 23.1 Å². The fraction of sp³-hybridized carbons (Fsp3) is 0.409. The monoisotopic (exact) mass is 443 g/mol. The Morgan fingerprint density at radius 3 is 2.69 bits per heavy atom. The van der Waals surface area contributed by atoms with Gasteiger partial charge in [0.05, 0.1) is 24.5 Å². The Bertz CT molecular complexity index is 1220. The molecule has 1 atom stereocenters. The molecular formula is C22H23F2N5O3. The molecule has 1 fully saturated rings. The van der Waals surface area contributed by atoms with Gasteiger partial charge in [-0.3, -0.25) is 9.25 Å². The number of halogens is 2. The summed E-state index contributed by atoms with van der Waals surface area (Å²) >= 11 is 0. The third-order valence-electron chi connectivity index (χ3n) is 6.09. The van der Waals surface area contributed by atoms with Gasteiger partial charge in [-0.05, 0) is 43.9 Å². The summed E-state index contributed by atoms with van der Waals surface area (Å²) < 4.78 is 43.0. The zero-order valence-corrected chi connectivity index (χ0v) is 17.8. The quantitative estimate of drug-likeness (QED) is 0.602. The number of aromatic nitrogens is 4. The number of piperidine rings is 1. The molecule has 1 unspecified atom stereocenters. The summed E-state index contributed by atoms with van der Waals surface area (Å²) in [5.74, 6) is -1.11. The van der Waals surface area contributed by atoms with Gasteiger partial charge in [0.1, 0.15) is 12.4 Å². The van der Waals surface area contributed by atoms with Crippen LogP contribution in [0.5, 0.6) is 17.4 Å². The zero-order chi connectivity index (χ0) is 22.5. The van der Waals surface area contributed by atoms with Crippen LogP contribution in [0, 0.1) is 11.6 Å². The van der Waals surface area contributed by atoms with Crippen LogP contribution < -0.4 is 20.1 Å². The minimum atomic E-state index is -0.862. The van der Waals surface area contributed by atoms with Crippen molar-refractivity contribution >= 4 is 5.82 Å². The summed E-state index contributed by atoms with van der Waals surface area (Å²) in [4.78, 5) is 18.8. The molecule has 1 aromatic carbocycles. The molecule has 0 radical (unpaired) electrons. The summed E-state index contributed by atoms with van der Waals surface area (Å²) in [6, 6.07) is 4.00. The number of hydrogen-bond donors (Lipinski definition) is 0. The van der Waals surface area contributed by atoms with Gasteiger partial charge in [-0.25, -0.2) is 13.6 Å². The maximum Gasteiger partial charge on any atom is 0.352 e. The van der Waals surface area contributed by atoms with Crippen molar-refractivity contribution in [3.05, 3.63) is 58.3 Å². The second-order valence-corrected chi connectivity index (χ2v) is 8.56. The lowest BCUT2D eigenvalue weighted by Gasteiger charge is -2.40. The first-order chi connectivity index (χ1) is 15.3. The third kappa shape index (κ3) is 3.59. The Morgan fingerprint density at radius 1 is 1.19 bits per heavy atom. The average molecular weight is 443 g/mol. The second kappa shape index (κ2) is 7.61. The highest BCUT2D eigenvalue weighted by atomic mass is 19.1. The van der Waals surface area contributed by atoms with Crippen molar-refractivity contribution in [1.82, 2.24) is 19.3 Å². The summed E-state index contributed by atoms with van der Waals surface area (Å²) in [6.07, 6.45) is 6.07. The average Bonchev–Trinajstić information content (AvgIpc) is 3.29. The topological polar surface area (TPSA) is 74.4 Å². The molecule has 0 N–H and O–H groups in total. The molecule has 0 aliphatic carbocycles. The molecule has 0 saturated carbocycles. The van der Waals surface area contributed by atoms with Gasteiger partial charge in [-0.2, -0.15) is 10.1 Å². The van der Waals surface area contributed by atoms with Crippen LogP contribution in [0.15, 0.2) is 35.4 Å². The van der Waals surface area contributed by atoms with Gasteiger partial charge in [0, 0.05) is 19.7 Å². The van der Waals surface area contributed by atoms with Crippen LogP contribution in [0.2, 0.25) is 0 Å². The van der Waals surface area contributed by atoms with Crippen LogP contribution in [-0.2, 0) is 20.2 Å². The molecule has 3 aromatic rings. The number of hydrogen-bond acceptors (Lipinski definition) is 6. The SMILES string of the molecule is Cn1cc(Oc2c(F)cc(COc3cc4n(c(=O)n3)CC3(C)CCCCN43)cc2F)cn1. The first-order valence-corrected chi connectivity index (χ1v) is 10.5. The van der Waals surface area contributed by atoms with Gasteiger partial charge >= 0.3 is 5.69 Å². The summed E-state index contributed by atoms with van der Waals surface area (Å²) in [6.45, 7) is 3.48. The van der Waals surface area contributed by atoms with Gasteiger partial charge in [-0.15, -0.1) is 0 Å². The number of fused-ring (bicyclic) bond motifs is 3. The molecule has 10 heteroatoms. The molecule has 4 heterocycles. The van der Waals surface area contributed by atoms with E-state index in [1.54, 1.807) is 17.7 Å². The minimum absolute atomic E-state index is 0.0962. The van der Waals surface area contributed by atoms with E-state index in [9.17, 15) is 13.6 Å². The van der Waals surface area contributed by atoms with Crippen molar-refractivity contribution in [3.63, 3.8) is 0 Å². The van der Waals surface area contributed by atoms with Crippen molar-refractivity contribution in [3.8, 4) is 17.4 Å². The number of anilines is 1. The van der Waals surface area contributed by atoms with Gasteiger partial charge in [0.2, 0.25) is 5.88 Å². The van der Waals surface area contributed by atoms with E-state index < -0.39 is 17.4 Å². The number of ether oxygens (including phenoxy) is 2. The molecule has 1 saturated heterocycles. The molecule has 5 rings (SSSR count). The second-order valence-electron chi connectivity index (χ2n) is 8.56. The first-order valence-electron chi connectivity index (χ1n) is 10.5. The highest BCUT2D eigenvalue weighted by molar-refractivity contribution is 5.49. The zero-order valence-electron chi connectivity index (χ0n) is 17.8. The van der Waals surface area contributed by atoms with E-state index in [-0.39, 0.29) is 35.0 Å². The Balaban J connectivity index is 1.34. The number of rotatable bonds is 5. The van der Waals surface area contributed by atoms with Gasteiger partial charge in [-0.1, -0.05) is 0 Å². The first kappa shape index (κ1) is 20.5. The van der Waals surface area contributed by atoms with Crippen LogP contribution in [0.25, 0.3) is 0 Å². The highest BCUT2D eigenvalue weighted by Gasteiger charge is 2.42. The fourth-order valence-electron chi connectivity index (χ4n) is 4.52. The van der Waals surface area contributed by atoms with Crippen LogP contribution in [0.4, 0.5) is 14.6 Å². The molecule has 168 valence electrons. The Labute approximate surface area is 183 Å². The Kier molecular flexibility index (Phi) is 4.87. The van der Waals surface area contributed by atoms with E-state index in [4.69, 9.17) is 9.47 Å². The van der Waals surface area contributed by atoms with Gasteiger partial charge < -0.3 is 14.4 Å². The van der Waals surface area contributed by atoms with E-state index >= 15 is 0 Å². The lowest BCUT2D eigenvalue weighted by molar-refractivity contribution is 0.289. The highest BCUT2D eigenvalue weighted by Crippen LogP contribution is 2.39. The molecule has 2 aromatic heterocycles. The van der Waals surface area contributed by atoms with Crippen molar-refractivity contribution < 1.29 is 18.3 Å². The number of nitrogens with zero attached hydrogens (tertiary/aromatic N) is 5. The van der Waals surface area contributed by atoms with E-state index in [1.165, 1.54) is 17.1 Å². The van der Waals surface area contributed by atoms with Crippen molar-refractivity contribution in [2.24, 2.45) is 7.05 Å². The lowest BCUT2D eigenvalue weighted by atomic mass is 9.90. The summed E-state index contributed by atoms with van der Waals surface area (Å²) in [5.41, 5.74) is -0.226. The molecule has 8 nitrogen and oxygen atoms in total. The van der Waals surface area contributed by atoms with Crippen LogP contribution >= 0.6 is 0 Å². The van der Waals surface area contributed by atoms with Crippen molar-refractivity contribution in [2.75, 3.05) is 11.4 Å². The summed E-state index contributed by atoms with van der Waals surface area (Å²) in [5, 5.41) is 3.90. The van der Waals surface area contributed by atoms with E-state index in [1.807, 2.05) is 0 Å². The molecule has 2 aliphatic rings. The minimum Gasteiger partial charge on any atom is -0.473 e. The van der Waals surface area contributed by atoms with Crippen LogP contribution in [0.3, 0.4) is 0 Å². The van der Waals surface area contributed by atoms with Crippen molar-refractivity contribution in [1.29, 1.82) is 0 Å². The fourth-order valence-corrected chi connectivity index (χ4v) is 4.52.